The minimum absolute atomic E-state index is 0.519. The van der Waals surface area contributed by atoms with Crippen LogP contribution >= 0.6 is 0 Å². The Morgan fingerprint density at radius 3 is 2.44 bits per heavy atom. The molecular weight excluding hydrogens is 310 g/mol. The monoisotopic (exact) mass is 333 g/mol. The van der Waals surface area contributed by atoms with E-state index in [4.69, 9.17) is 4.74 Å². The van der Waals surface area contributed by atoms with Crippen molar-refractivity contribution in [1.82, 2.24) is 14.9 Å². The molecule has 1 heterocycles. The molecule has 0 unspecified atom stereocenters. The normalized spacial score (nSPS) is 10.9. The maximum absolute atomic E-state index is 5.82. The first-order valence-corrected chi connectivity index (χ1v) is 8.38. The second kappa shape index (κ2) is 7.90. The van der Waals surface area contributed by atoms with Gasteiger partial charge in [0.25, 0.3) is 0 Å². The van der Waals surface area contributed by atoms with Crippen molar-refractivity contribution in [1.29, 1.82) is 0 Å². The van der Waals surface area contributed by atoms with Gasteiger partial charge in [-0.3, -0.25) is 9.88 Å². The van der Waals surface area contributed by atoms with Gasteiger partial charge in [0, 0.05) is 19.3 Å². The van der Waals surface area contributed by atoms with Crippen molar-refractivity contribution in [3.05, 3.63) is 83.3 Å². The van der Waals surface area contributed by atoms with E-state index >= 15 is 0 Å². The predicted molar refractivity (Wildman–Crippen MR) is 99.6 cm³/mol. The fourth-order valence-corrected chi connectivity index (χ4v) is 2.69. The van der Waals surface area contributed by atoms with E-state index in [0.29, 0.717) is 5.88 Å². The first-order valence-electron chi connectivity index (χ1n) is 8.38. The lowest BCUT2D eigenvalue weighted by molar-refractivity contribution is 0.318. The highest BCUT2D eigenvalue weighted by molar-refractivity contribution is 5.31. The standard InChI is InChI=1S/C21H23N3O/c1-16-7-9-18(10-8-16)14-24(3)15-19-5-4-6-20(11-19)25-21-13-22-12-17(2)23-21/h4-13H,14-15H2,1-3H3. The van der Waals surface area contributed by atoms with Crippen molar-refractivity contribution in [3.8, 4) is 11.6 Å². The van der Waals surface area contributed by atoms with Gasteiger partial charge in [-0.05, 0) is 44.2 Å². The third-order valence-electron chi connectivity index (χ3n) is 3.88. The average Bonchev–Trinajstić information content (AvgIpc) is 2.57. The zero-order valence-electron chi connectivity index (χ0n) is 14.9. The molecule has 0 N–H and O–H groups in total. The van der Waals surface area contributed by atoms with E-state index in [9.17, 15) is 0 Å². The lowest BCUT2D eigenvalue weighted by atomic mass is 10.1. The fourth-order valence-electron chi connectivity index (χ4n) is 2.69. The third kappa shape index (κ3) is 5.13. The largest absolute Gasteiger partial charge is 0.437 e. The molecule has 4 nitrogen and oxygen atoms in total. The molecule has 0 radical (unpaired) electrons. The summed E-state index contributed by atoms with van der Waals surface area (Å²) in [5.41, 5.74) is 4.64. The summed E-state index contributed by atoms with van der Waals surface area (Å²) in [4.78, 5) is 10.7. The van der Waals surface area contributed by atoms with E-state index in [0.717, 1.165) is 24.5 Å². The van der Waals surface area contributed by atoms with Crippen LogP contribution in [0.4, 0.5) is 0 Å². The zero-order valence-corrected chi connectivity index (χ0v) is 14.9. The van der Waals surface area contributed by atoms with Gasteiger partial charge in [-0.2, -0.15) is 0 Å². The van der Waals surface area contributed by atoms with Crippen LogP contribution < -0.4 is 4.74 Å². The summed E-state index contributed by atoms with van der Waals surface area (Å²) in [7, 11) is 2.12. The fraction of sp³-hybridized carbons (Fsp3) is 0.238. The van der Waals surface area contributed by atoms with Gasteiger partial charge in [0.15, 0.2) is 0 Å². The van der Waals surface area contributed by atoms with Crippen molar-refractivity contribution < 1.29 is 4.74 Å². The molecule has 0 aliphatic carbocycles. The first-order chi connectivity index (χ1) is 12.1. The van der Waals surface area contributed by atoms with Crippen molar-refractivity contribution in [2.24, 2.45) is 0 Å². The van der Waals surface area contributed by atoms with E-state index in [2.05, 4.69) is 65.2 Å². The summed E-state index contributed by atoms with van der Waals surface area (Å²) in [6, 6.07) is 16.8. The lowest BCUT2D eigenvalue weighted by Gasteiger charge is -2.17. The molecule has 0 aliphatic rings. The number of nitrogens with zero attached hydrogens (tertiary/aromatic N) is 3. The molecule has 0 aliphatic heterocycles. The van der Waals surface area contributed by atoms with Gasteiger partial charge < -0.3 is 4.74 Å². The minimum Gasteiger partial charge on any atom is -0.437 e. The molecule has 25 heavy (non-hydrogen) atoms. The van der Waals surface area contributed by atoms with Crippen LogP contribution in [0.2, 0.25) is 0 Å². The Morgan fingerprint density at radius 2 is 1.68 bits per heavy atom. The lowest BCUT2D eigenvalue weighted by Crippen LogP contribution is -2.17. The molecule has 0 atom stereocenters. The summed E-state index contributed by atoms with van der Waals surface area (Å²) >= 11 is 0. The van der Waals surface area contributed by atoms with Crippen LogP contribution in [0.15, 0.2) is 60.9 Å². The smallest absolute Gasteiger partial charge is 0.238 e. The van der Waals surface area contributed by atoms with Gasteiger partial charge in [-0.15, -0.1) is 0 Å². The summed E-state index contributed by atoms with van der Waals surface area (Å²) in [5.74, 6) is 1.30. The minimum atomic E-state index is 0.519. The molecule has 0 saturated heterocycles. The van der Waals surface area contributed by atoms with Crippen LogP contribution in [-0.2, 0) is 13.1 Å². The van der Waals surface area contributed by atoms with Crippen LogP contribution in [0.5, 0.6) is 11.6 Å². The maximum atomic E-state index is 5.82. The SMILES string of the molecule is Cc1ccc(CN(C)Cc2cccc(Oc3cncc(C)n3)c2)cc1. The molecule has 0 saturated carbocycles. The number of aryl methyl sites for hydroxylation is 2. The molecule has 0 bridgehead atoms. The van der Waals surface area contributed by atoms with E-state index in [1.165, 1.54) is 16.7 Å². The van der Waals surface area contributed by atoms with E-state index in [-0.39, 0.29) is 0 Å². The Morgan fingerprint density at radius 1 is 0.920 bits per heavy atom. The molecule has 128 valence electrons. The van der Waals surface area contributed by atoms with Crippen LogP contribution in [0, 0.1) is 13.8 Å². The number of aromatic nitrogens is 2. The van der Waals surface area contributed by atoms with Gasteiger partial charge in [-0.1, -0.05) is 42.0 Å². The van der Waals surface area contributed by atoms with Gasteiger partial charge in [0.2, 0.25) is 5.88 Å². The van der Waals surface area contributed by atoms with E-state index in [1.807, 2.05) is 19.1 Å². The molecule has 3 aromatic rings. The Balaban J connectivity index is 1.63. The van der Waals surface area contributed by atoms with Gasteiger partial charge in [0.1, 0.15) is 5.75 Å². The van der Waals surface area contributed by atoms with Crippen molar-refractivity contribution in [3.63, 3.8) is 0 Å². The Hall–Kier alpha value is -2.72. The predicted octanol–water partition coefficient (Wildman–Crippen LogP) is 4.52. The maximum Gasteiger partial charge on any atom is 0.238 e. The molecular formula is C21H23N3O. The molecule has 4 heteroatoms. The Bertz CT molecular complexity index is 831. The number of rotatable bonds is 6. The average molecular weight is 333 g/mol. The highest BCUT2D eigenvalue weighted by Gasteiger charge is 2.05. The summed E-state index contributed by atoms with van der Waals surface area (Å²) in [6.45, 7) is 5.77. The Kier molecular flexibility index (Phi) is 5.41. The summed E-state index contributed by atoms with van der Waals surface area (Å²) in [6.07, 6.45) is 3.34. The van der Waals surface area contributed by atoms with Gasteiger partial charge in [0.05, 0.1) is 11.9 Å². The molecule has 1 aromatic heterocycles. The molecule has 0 fully saturated rings. The number of hydrogen-bond acceptors (Lipinski definition) is 4. The second-order valence-corrected chi connectivity index (χ2v) is 6.41. The highest BCUT2D eigenvalue weighted by Crippen LogP contribution is 2.21. The Labute approximate surface area is 149 Å². The third-order valence-corrected chi connectivity index (χ3v) is 3.88. The van der Waals surface area contributed by atoms with Gasteiger partial charge in [-0.25, -0.2) is 4.98 Å². The van der Waals surface area contributed by atoms with Crippen LogP contribution in [0.3, 0.4) is 0 Å². The van der Waals surface area contributed by atoms with Gasteiger partial charge >= 0.3 is 0 Å². The molecule has 3 rings (SSSR count). The van der Waals surface area contributed by atoms with E-state index in [1.54, 1.807) is 12.4 Å². The van der Waals surface area contributed by atoms with E-state index < -0.39 is 0 Å². The van der Waals surface area contributed by atoms with Crippen molar-refractivity contribution in [2.45, 2.75) is 26.9 Å². The van der Waals surface area contributed by atoms with Crippen molar-refractivity contribution >= 4 is 0 Å². The highest BCUT2D eigenvalue weighted by atomic mass is 16.5. The van der Waals surface area contributed by atoms with Crippen LogP contribution in [-0.4, -0.2) is 21.9 Å². The second-order valence-electron chi connectivity index (χ2n) is 6.41. The number of hydrogen-bond donors (Lipinski definition) is 0. The van der Waals surface area contributed by atoms with Crippen LogP contribution in [0.1, 0.15) is 22.4 Å². The summed E-state index contributed by atoms with van der Waals surface area (Å²) < 4.78 is 5.82. The molecule has 2 aromatic carbocycles. The summed E-state index contributed by atoms with van der Waals surface area (Å²) in [5, 5.41) is 0. The topological polar surface area (TPSA) is 38.2 Å². The van der Waals surface area contributed by atoms with Crippen LogP contribution in [0.25, 0.3) is 0 Å². The molecule has 0 spiro atoms. The zero-order chi connectivity index (χ0) is 17.6. The number of benzene rings is 2. The first kappa shape index (κ1) is 17.1. The molecule has 0 amide bonds. The number of ether oxygens (including phenoxy) is 1. The van der Waals surface area contributed by atoms with Crippen molar-refractivity contribution in [2.75, 3.05) is 7.05 Å². The quantitative estimate of drug-likeness (QED) is 0.665.